The molecule has 4 aromatic rings. The Labute approximate surface area is 297 Å². The number of H-pyrrole nitrogens is 1. The van der Waals surface area contributed by atoms with E-state index in [1.807, 2.05) is 30.5 Å². The molecule has 7 rings (SSSR count). The molecule has 0 saturated carbocycles. The smallest absolute Gasteiger partial charge is 0.276 e. The molecule has 1 atom stereocenters. The van der Waals surface area contributed by atoms with Gasteiger partial charge >= 0.3 is 0 Å². The second-order valence-corrected chi connectivity index (χ2v) is 14.6. The topological polar surface area (TPSA) is 125 Å². The minimum absolute atomic E-state index is 0.119. The number of anilines is 2. The Hall–Kier alpha value is -4.35. The second kappa shape index (κ2) is 14.9. The molecule has 3 N–H and O–H groups in total. The lowest BCUT2D eigenvalue weighted by molar-refractivity contribution is -0.133. The van der Waals surface area contributed by atoms with Gasteiger partial charge in [0, 0.05) is 72.2 Å². The summed E-state index contributed by atoms with van der Waals surface area (Å²) in [4.78, 5) is 41.0. The van der Waals surface area contributed by atoms with Crippen molar-refractivity contribution in [2.45, 2.75) is 64.0 Å². The maximum absolute atomic E-state index is 12.5. The van der Waals surface area contributed by atoms with Crippen molar-refractivity contribution < 1.29 is 14.3 Å². The first-order valence-corrected chi connectivity index (χ1v) is 18.2. The monoisotopic (exact) mass is 699 g/mol. The van der Waals surface area contributed by atoms with Crippen molar-refractivity contribution in [2.24, 2.45) is 18.9 Å². The van der Waals surface area contributed by atoms with Gasteiger partial charge in [-0.05, 0) is 99.0 Å². The summed E-state index contributed by atoms with van der Waals surface area (Å²) in [5, 5.41) is 14.0. The van der Waals surface area contributed by atoms with E-state index in [2.05, 4.69) is 42.8 Å². The van der Waals surface area contributed by atoms with E-state index in [0.29, 0.717) is 23.4 Å². The molecule has 3 fully saturated rings. The van der Waals surface area contributed by atoms with Crippen LogP contribution in [-0.2, 0) is 23.2 Å². The van der Waals surface area contributed by atoms with Crippen LogP contribution in [0.1, 0.15) is 56.9 Å². The van der Waals surface area contributed by atoms with Crippen LogP contribution in [0.15, 0.2) is 53.6 Å². The molecule has 2 aromatic heterocycles. The number of fused-ring (bicyclic) bond motifs is 1. The first kappa shape index (κ1) is 34.1. The second-order valence-electron chi connectivity index (χ2n) is 14.2. The SMILES string of the molecule is COc1cc(-c2cn(C)c(=O)c3[nH]ncc23)cc(Cl)c1CN1CCC(CCC2CCN(c3ccc(NC4CCC(=O)NC4=O)cc3)CC2)CC1. The molecule has 11 nitrogen and oxygen atoms in total. The average Bonchev–Trinajstić information content (AvgIpc) is 3.63. The van der Waals surface area contributed by atoms with E-state index in [0.717, 1.165) is 78.1 Å². The van der Waals surface area contributed by atoms with Gasteiger partial charge in [0.2, 0.25) is 11.8 Å². The predicted octanol–water partition coefficient (Wildman–Crippen LogP) is 5.72. The molecule has 0 aliphatic carbocycles. The number of nitrogens with zero attached hydrogens (tertiary/aromatic N) is 4. The molecule has 2 aromatic carbocycles. The number of pyridine rings is 1. The molecule has 2 amide bonds. The Balaban J connectivity index is 0.865. The lowest BCUT2D eigenvalue weighted by atomic mass is 9.85. The maximum Gasteiger partial charge on any atom is 0.276 e. The fourth-order valence-corrected chi connectivity index (χ4v) is 8.16. The summed E-state index contributed by atoms with van der Waals surface area (Å²) >= 11 is 6.92. The number of amides is 2. The van der Waals surface area contributed by atoms with Crippen LogP contribution in [0.3, 0.4) is 0 Å². The zero-order chi connectivity index (χ0) is 34.8. The molecular formula is C38H46ClN7O4. The zero-order valence-electron chi connectivity index (χ0n) is 28.8. The molecule has 0 radical (unpaired) electrons. The van der Waals surface area contributed by atoms with Gasteiger partial charge in [0.05, 0.1) is 13.3 Å². The summed E-state index contributed by atoms with van der Waals surface area (Å²) in [6.45, 7) is 4.99. The van der Waals surface area contributed by atoms with Crippen molar-refractivity contribution in [3.8, 4) is 16.9 Å². The number of piperidine rings is 3. The van der Waals surface area contributed by atoms with Crippen LogP contribution in [-0.4, -0.2) is 70.8 Å². The number of hydrogen-bond donors (Lipinski definition) is 3. The summed E-state index contributed by atoms with van der Waals surface area (Å²) in [6, 6.07) is 12.0. The van der Waals surface area contributed by atoms with Crippen LogP contribution in [0.4, 0.5) is 11.4 Å². The minimum Gasteiger partial charge on any atom is -0.496 e. The van der Waals surface area contributed by atoms with Gasteiger partial charge in [-0.15, -0.1) is 0 Å². The molecule has 12 heteroatoms. The first-order chi connectivity index (χ1) is 24.2. The number of rotatable bonds is 10. The Morgan fingerprint density at radius 2 is 1.66 bits per heavy atom. The fourth-order valence-electron chi connectivity index (χ4n) is 7.89. The van der Waals surface area contributed by atoms with Gasteiger partial charge < -0.3 is 19.5 Å². The number of carbonyl (C=O) groups is 2. The number of imide groups is 1. The highest BCUT2D eigenvalue weighted by molar-refractivity contribution is 6.32. The number of methoxy groups -OCH3 is 1. The summed E-state index contributed by atoms with van der Waals surface area (Å²) in [5.41, 5.74) is 5.24. The van der Waals surface area contributed by atoms with Crippen molar-refractivity contribution in [3.63, 3.8) is 0 Å². The standard InChI is InChI=1S/C38H46ClN7O4/c1-44-22-30(29-21-40-43-36(29)38(44)49)26-19-32(39)31(34(20-26)50-2)23-45-15-11-24(12-16-45)3-4-25-13-17-46(18-14-25)28-7-5-27(6-8-28)41-33-9-10-35(47)42-37(33)48/h5-8,19-22,24-25,33,41H,3-4,9-18,23H2,1-2H3,(H,40,43)(H,42,47,48). The average molecular weight is 700 g/mol. The third-order valence-corrected chi connectivity index (χ3v) is 11.3. The summed E-state index contributed by atoms with van der Waals surface area (Å²) in [5.74, 6) is 1.84. The van der Waals surface area contributed by atoms with Gasteiger partial charge in [0.15, 0.2) is 0 Å². The van der Waals surface area contributed by atoms with E-state index in [1.54, 1.807) is 24.9 Å². The number of likely N-dealkylation sites (tertiary alicyclic amines) is 1. The van der Waals surface area contributed by atoms with Crippen LogP contribution < -0.4 is 25.8 Å². The Morgan fingerprint density at radius 1 is 0.960 bits per heavy atom. The van der Waals surface area contributed by atoms with Gasteiger partial charge in [-0.2, -0.15) is 5.10 Å². The molecule has 1 unspecified atom stereocenters. The summed E-state index contributed by atoms with van der Waals surface area (Å²) in [6.07, 6.45) is 11.8. The third kappa shape index (κ3) is 7.39. The largest absolute Gasteiger partial charge is 0.496 e. The van der Waals surface area contributed by atoms with E-state index in [9.17, 15) is 14.4 Å². The Bertz CT molecular complexity index is 1910. The van der Waals surface area contributed by atoms with Crippen molar-refractivity contribution in [1.29, 1.82) is 0 Å². The van der Waals surface area contributed by atoms with Crippen molar-refractivity contribution >= 4 is 45.7 Å². The molecule has 3 aliphatic rings. The van der Waals surface area contributed by atoms with Crippen LogP contribution >= 0.6 is 11.6 Å². The number of benzene rings is 2. The number of halogens is 1. The van der Waals surface area contributed by atoms with E-state index < -0.39 is 0 Å². The molecule has 0 bridgehead atoms. The number of hydrogen-bond acceptors (Lipinski definition) is 8. The molecule has 3 saturated heterocycles. The molecule has 3 aliphatic heterocycles. The highest BCUT2D eigenvalue weighted by Crippen LogP contribution is 2.37. The number of aryl methyl sites for hydroxylation is 1. The number of ether oxygens (including phenoxy) is 1. The van der Waals surface area contributed by atoms with Crippen molar-refractivity contribution in [2.75, 3.05) is 43.5 Å². The summed E-state index contributed by atoms with van der Waals surface area (Å²) in [7, 11) is 3.42. The van der Waals surface area contributed by atoms with Crippen LogP contribution in [0, 0.1) is 11.8 Å². The van der Waals surface area contributed by atoms with Crippen LogP contribution in [0.2, 0.25) is 5.02 Å². The van der Waals surface area contributed by atoms with Crippen LogP contribution in [0.5, 0.6) is 5.75 Å². The molecule has 5 heterocycles. The fraction of sp³-hybridized carbons (Fsp3) is 0.474. The lowest BCUT2D eigenvalue weighted by Gasteiger charge is -2.36. The van der Waals surface area contributed by atoms with E-state index in [-0.39, 0.29) is 23.4 Å². The minimum atomic E-state index is -0.364. The first-order valence-electron chi connectivity index (χ1n) is 17.8. The van der Waals surface area contributed by atoms with Gasteiger partial charge in [-0.25, -0.2) is 0 Å². The summed E-state index contributed by atoms with van der Waals surface area (Å²) < 4.78 is 7.41. The third-order valence-electron chi connectivity index (χ3n) is 11.0. The van der Waals surface area contributed by atoms with Gasteiger partial charge in [0.1, 0.15) is 17.3 Å². The van der Waals surface area contributed by atoms with Gasteiger partial charge in [-0.1, -0.05) is 24.4 Å². The maximum atomic E-state index is 12.5. The Kier molecular flexibility index (Phi) is 10.1. The van der Waals surface area contributed by atoms with Gasteiger partial charge in [-0.3, -0.25) is 29.7 Å². The van der Waals surface area contributed by atoms with Gasteiger partial charge in [0.25, 0.3) is 5.56 Å². The van der Waals surface area contributed by atoms with E-state index in [1.165, 1.54) is 44.2 Å². The van der Waals surface area contributed by atoms with E-state index >= 15 is 0 Å². The number of aromatic nitrogens is 3. The van der Waals surface area contributed by atoms with Crippen molar-refractivity contribution in [1.82, 2.24) is 25.0 Å². The molecule has 264 valence electrons. The molecule has 50 heavy (non-hydrogen) atoms. The molecular weight excluding hydrogens is 654 g/mol. The Morgan fingerprint density at radius 3 is 2.34 bits per heavy atom. The number of aromatic amines is 1. The quantitative estimate of drug-likeness (QED) is 0.180. The highest BCUT2D eigenvalue weighted by atomic mass is 35.5. The van der Waals surface area contributed by atoms with E-state index in [4.69, 9.17) is 16.3 Å². The normalized spacial score (nSPS) is 19.6. The zero-order valence-corrected chi connectivity index (χ0v) is 29.6. The van der Waals surface area contributed by atoms with Crippen molar-refractivity contribution in [3.05, 3.63) is 69.7 Å². The predicted molar refractivity (Wildman–Crippen MR) is 197 cm³/mol. The molecule has 0 spiro atoms. The highest BCUT2D eigenvalue weighted by Gasteiger charge is 2.27. The van der Waals surface area contributed by atoms with Crippen LogP contribution in [0.25, 0.3) is 22.0 Å². The number of nitrogens with one attached hydrogen (secondary N) is 3. The number of carbonyl (C=O) groups excluding carboxylic acids is 2. The lowest BCUT2D eigenvalue weighted by Crippen LogP contribution is -2.47.